The number of aliphatic hydroxyl groups is 1. The van der Waals surface area contributed by atoms with E-state index in [1.807, 2.05) is 12.2 Å². The Hall–Kier alpha value is -1.95. The first-order chi connectivity index (χ1) is 21.8. The average Bonchev–Trinajstić information content (AvgIpc) is 3.01. The first kappa shape index (κ1) is 43.0. The molecule has 0 aliphatic rings. The van der Waals surface area contributed by atoms with Crippen LogP contribution in [0.15, 0.2) is 24.3 Å². The van der Waals surface area contributed by atoms with E-state index in [1.54, 1.807) is 6.08 Å². The number of hydrogen-bond acceptors (Lipinski definition) is 6. The number of rotatable bonds is 33. The summed E-state index contributed by atoms with van der Waals surface area (Å²) in [6.45, 7) is 6.46. The van der Waals surface area contributed by atoms with Crippen molar-refractivity contribution in [2.45, 2.75) is 187 Å². The van der Waals surface area contributed by atoms with Gasteiger partial charge >= 0.3 is 11.9 Å². The molecule has 0 saturated heterocycles. The molecule has 0 bridgehead atoms. The Bertz CT molecular complexity index is 757. The van der Waals surface area contributed by atoms with E-state index in [9.17, 15) is 19.5 Å². The van der Waals surface area contributed by atoms with Crippen molar-refractivity contribution >= 4 is 17.7 Å². The van der Waals surface area contributed by atoms with Crippen LogP contribution in [0.25, 0.3) is 0 Å². The van der Waals surface area contributed by atoms with Gasteiger partial charge in [0.1, 0.15) is 19.3 Å². The van der Waals surface area contributed by atoms with Crippen molar-refractivity contribution in [2.75, 3.05) is 13.2 Å². The molecule has 0 unspecified atom stereocenters. The fourth-order valence-corrected chi connectivity index (χ4v) is 5.19. The highest BCUT2D eigenvalue weighted by molar-refractivity contribution is 5.89. The molecule has 0 saturated carbocycles. The highest BCUT2D eigenvalue weighted by Gasteiger charge is 2.12. The number of carbonyl (C=O) groups excluding carboxylic acids is 3. The third-order valence-electron chi connectivity index (χ3n) is 8.09. The van der Waals surface area contributed by atoms with Crippen molar-refractivity contribution in [1.29, 1.82) is 0 Å². The summed E-state index contributed by atoms with van der Waals surface area (Å²) in [4.78, 5) is 35.5. The summed E-state index contributed by atoms with van der Waals surface area (Å²) in [7, 11) is 0. The smallest absolute Gasteiger partial charge is 0.305 e. The van der Waals surface area contributed by atoms with Gasteiger partial charge in [0.25, 0.3) is 0 Å². The maximum atomic E-state index is 11.9. The third-order valence-corrected chi connectivity index (χ3v) is 8.09. The lowest BCUT2D eigenvalue weighted by Crippen LogP contribution is -2.25. The lowest BCUT2D eigenvalue weighted by atomic mass is 10.0. The zero-order valence-corrected chi connectivity index (χ0v) is 29.5. The van der Waals surface area contributed by atoms with Crippen LogP contribution in [0.4, 0.5) is 0 Å². The predicted molar refractivity (Wildman–Crippen MR) is 187 cm³/mol. The van der Waals surface area contributed by atoms with Crippen molar-refractivity contribution in [1.82, 2.24) is 0 Å². The van der Waals surface area contributed by atoms with Gasteiger partial charge in [-0.1, -0.05) is 148 Å². The second-order valence-corrected chi connectivity index (χ2v) is 13.2. The number of esters is 2. The van der Waals surface area contributed by atoms with Crippen LogP contribution in [0.3, 0.4) is 0 Å². The molecular weight excluding hydrogens is 564 g/mol. The van der Waals surface area contributed by atoms with E-state index in [-0.39, 0.29) is 30.9 Å². The molecule has 0 spiro atoms. The van der Waals surface area contributed by atoms with Crippen LogP contribution in [0.5, 0.6) is 0 Å². The molecule has 0 aromatic rings. The Balaban J connectivity index is 3.50. The van der Waals surface area contributed by atoms with E-state index >= 15 is 0 Å². The molecular formula is C39H70O6. The van der Waals surface area contributed by atoms with E-state index in [2.05, 4.69) is 26.8 Å². The molecule has 1 N–H and O–H groups in total. The van der Waals surface area contributed by atoms with Crippen LogP contribution >= 0.6 is 0 Å². The third kappa shape index (κ3) is 34.8. The standard InChI is InChI=1S/C39H70O6/c1-4-5-23-29-36(40)30-25-20-16-12-10-14-18-22-27-32-39(43)45-34-37(41)33-44-38(42)31-26-21-17-13-9-7-6-8-11-15-19-24-28-35(2)3/h16,20,25,30,35,37,41H,4-15,17-19,21-24,26-29,31-34H2,1-3H3/b20-16-,30-25+/t37-/m0/s1. The van der Waals surface area contributed by atoms with Crippen LogP contribution in [0.2, 0.25) is 0 Å². The molecule has 0 radical (unpaired) electrons. The zero-order chi connectivity index (χ0) is 33.2. The molecule has 1 atom stereocenters. The van der Waals surface area contributed by atoms with Gasteiger partial charge in [-0.3, -0.25) is 14.4 Å². The van der Waals surface area contributed by atoms with Crippen molar-refractivity contribution in [3.8, 4) is 0 Å². The SMILES string of the molecule is CCCCCC(=O)/C=C/C=C\CCCCCCCC(=O)OC[C@@H](O)COC(=O)CCCCCCCCCCCCCCC(C)C. The van der Waals surface area contributed by atoms with Crippen molar-refractivity contribution in [3.05, 3.63) is 24.3 Å². The first-order valence-corrected chi connectivity index (χ1v) is 18.7. The molecule has 0 heterocycles. The van der Waals surface area contributed by atoms with Crippen LogP contribution in [-0.4, -0.2) is 42.1 Å². The first-order valence-electron chi connectivity index (χ1n) is 18.7. The van der Waals surface area contributed by atoms with Gasteiger partial charge in [-0.2, -0.15) is 0 Å². The summed E-state index contributed by atoms with van der Waals surface area (Å²) in [5, 5.41) is 9.99. The zero-order valence-electron chi connectivity index (χ0n) is 29.5. The summed E-state index contributed by atoms with van der Waals surface area (Å²) in [6.07, 6.45) is 33.5. The minimum Gasteiger partial charge on any atom is -0.463 e. The van der Waals surface area contributed by atoms with Crippen LogP contribution in [0.1, 0.15) is 181 Å². The van der Waals surface area contributed by atoms with Gasteiger partial charge in [0.15, 0.2) is 5.78 Å². The van der Waals surface area contributed by atoms with Crippen molar-refractivity contribution in [2.24, 2.45) is 5.92 Å². The van der Waals surface area contributed by atoms with Crippen molar-refractivity contribution in [3.63, 3.8) is 0 Å². The van der Waals surface area contributed by atoms with Gasteiger partial charge in [-0.05, 0) is 44.1 Å². The molecule has 0 aliphatic heterocycles. The largest absolute Gasteiger partial charge is 0.463 e. The molecule has 0 aliphatic carbocycles. The van der Waals surface area contributed by atoms with Crippen LogP contribution in [-0.2, 0) is 23.9 Å². The number of aliphatic hydroxyl groups excluding tert-OH is 1. The molecule has 262 valence electrons. The van der Waals surface area contributed by atoms with Gasteiger partial charge in [-0.15, -0.1) is 0 Å². The summed E-state index contributed by atoms with van der Waals surface area (Å²) in [5.41, 5.74) is 0. The summed E-state index contributed by atoms with van der Waals surface area (Å²) in [6, 6.07) is 0. The summed E-state index contributed by atoms with van der Waals surface area (Å²) < 4.78 is 10.3. The molecule has 0 fully saturated rings. The second-order valence-electron chi connectivity index (χ2n) is 13.2. The van der Waals surface area contributed by atoms with Crippen molar-refractivity contribution < 1.29 is 29.0 Å². The lowest BCUT2D eigenvalue weighted by Gasteiger charge is -2.12. The fraction of sp³-hybridized carbons (Fsp3) is 0.821. The number of hydrogen-bond donors (Lipinski definition) is 1. The Kier molecular flexibility index (Phi) is 32.0. The highest BCUT2D eigenvalue weighted by atomic mass is 16.6. The molecule has 0 aromatic heterocycles. The minimum atomic E-state index is -0.986. The quantitative estimate of drug-likeness (QED) is 0.0334. The normalized spacial score (nSPS) is 12.4. The number of carbonyl (C=O) groups is 3. The molecule has 6 heteroatoms. The number of ether oxygens (including phenoxy) is 2. The molecule has 6 nitrogen and oxygen atoms in total. The molecule has 0 amide bonds. The van der Waals surface area contributed by atoms with E-state index in [1.165, 1.54) is 64.2 Å². The average molecular weight is 635 g/mol. The van der Waals surface area contributed by atoms with Crippen LogP contribution in [0, 0.1) is 5.92 Å². The Morgan fingerprint density at radius 3 is 1.51 bits per heavy atom. The summed E-state index contributed by atoms with van der Waals surface area (Å²) in [5.74, 6) is 0.414. The lowest BCUT2D eigenvalue weighted by molar-refractivity contribution is -0.152. The fourth-order valence-electron chi connectivity index (χ4n) is 5.19. The topological polar surface area (TPSA) is 89.9 Å². The van der Waals surface area contributed by atoms with E-state index in [0.717, 1.165) is 83.0 Å². The van der Waals surface area contributed by atoms with Gasteiger partial charge < -0.3 is 14.6 Å². The maximum absolute atomic E-state index is 11.9. The highest BCUT2D eigenvalue weighted by Crippen LogP contribution is 2.15. The number of allylic oxidation sites excluding steroid dienone is 4. The van der Waals surface area contributed by atoms with E-state index < -0.39 is 6.10 Å². The van der Waals surface area contributed by atoms with Gasteiger partial charge in [0, 0.05) is 19.3 Å². The van der Waals surface area contributed by atoms with E-state index in [0.29, 0.717) is 19.3 Å². The Morgan fingerprint density at radius 2 is 1.02 bits per heavy atom. The number of unbranched alkanes of at least 4 members (excludes halogenated alkanes) is 18. The number of ketones is 1. The minimum absolute atomic E-state index is 0.136. The van der Waals surface area contributed by atoms with Crippen LogP contribution < -0.4 is 0 Å². The van der Waals surface area contributed by atoms with Gasteiger partial charge in [0.2, 0.25) is 0 Å². The molecule has 0 aromatic carbocycles. The van der Waals surface area contributed by atoms with E-state index in [4.69, 9.17) is 9.47 Å². The Labute approximate surface area is 277 Å². The monoisotopic (exact) mass is 635 g/mol. The second kappa shape index (κ2) is 33.4. The summed E-state index contributed by atoms with van der Waals surface area (Å²) >= 11 is 0. The predicted octanol–water partition coefficient (Wildman–Crippen LogP) is 10.5. The molecule has 45 heavy (non-hydrogen) atoms. The Morgan fingerprint density at radius 1 is 0.578 bits per heavy atom. The molecule has 0 rings (SSSR count). The maximum Gasteiger partial charge on any atom is 0.305 e. The van der Waals surface area contributed by atoms with Gasteiger partial charge in [-0.25, -0.2) is 0 Å². The van der Waals surface area contributed by atoms with Gasteiger partial charge in [0.05, 0.1) is 0 Å².